The highest BCUT2D eigenvalue weighted by molar-refractivity contribution is 6.38. The molecule has 0 spiro atoms. The molecular formula is C39H41N7O5. The summed E-state index contributed by atoms with van der Waals surface area (Å²) >= 11 is 0. The van der Waals surface area contributed by atoms with Gasteiger partial charge in [0.2, 0.25) is 17.6 Å². The number of hydrogen-bond acceptors (Lipinski definition) is 8. The molecule has 6 rings (SSSR count). The summed E-state index contributed by atoms with van der Waals surface area (Å²) in [6.07, 6.45) is 10.5. The molecule has 2 aromatic heterocycles. The van der Waals surface area contributed by atoms with E-state index in [1.165, 1.54) is 23.5 Å². The number of rotatable bonds is 12. The minimum absolute atomic E-state index is 0.0436. The highest BCUT2D eigenvalue weighted by atomic mass is 16.2. The molecule has 4 aromatic rings. The lowest BCUT2D eigenvalue weighted by molar-refractivity contribution is -0.146. The Morgan fingerprint density at radius 3 is 2.25 bits per heavy atom. The molecule has 3 atom stereocenters. The summed E-state index contributed by atoms with van der Waals surface area (Å²) < 4.78 is 0. The van der Waals surface area contributed by atoms with Crippen molar-refractivity contribution in [1.82, 2.24) is 35.8 Å². The van der Waals surface area contributed by atoms with E-state index in [1.807, 2.05) is 54.6 Å². The molecule has 0 saturated heterocycles. The van der Waals surface area contributed by atoms with Crippen molar-refractivity contribution in [2.75, 3.05) is 0 Å². The van der Waals surface area contributed by atoms with Crippen LogP contribution < -0.4 is 16.0 Å². The van der Waals surface area contributed by atoms with Crippen molar-refractivity contribution in [3.63, 3.8) is 0 Å². The van der Waals surface area contributed by atoms with Gasteiger partial charge in [0.05, 0.1) is 18.4 Å². The second-order valence-electron chi connectivity index (χ2n) is 13.0. The Balaban J connectivity index is 1.27. The van der Waals surface area contributed by atoms with Crippen LogP contribution in [0.4, 0.5) is 0 Å². The van der Waals surface area contributed by atoms with Crippen LogP contribution in [-0.2, 0) is 45.1 Å². The number of carbonyl (C=O) groups is 5. The number of pyridine rings is 1. The third-order valence-corrected chi connectivity index (χ3v) is 9.60. The number of nitrogens with one attached hydrogen (secondary N) is 3. The van der Waals surface area contributed by atoms with Crippen LogP contribution in [0.25, 0.3) is 0 Å². The zero-order valence-corrected chi connectivity index (χ0v) is 28.2. The highest BCUT2D eigenvalue weighted by Crippen LogP contribution is 2.31. The molecular weight excluding hydrogens is 646 g/mol. The third kappa shape index (κ3) is 8.88. The highest BCUT2D eigenvalue weighted by Gasteiger charge is 2.42. The maximum absolute atomic E-state index is 14.7. The van der Waals surface area contributed by atoms with Gasteiger partial charge in [-0.05, 0) is 47.6 Å². The minimum atomic E-state index is -1.21. The van der Waals surface area contributed by atoms with Crippen molar-refractivity contribution in [3.8, 4) is 0 Å². The predicted molar refractivity (Wildman–Crippen MR) is 188 cm³/mol. The second-order valence-corrected chi connectivity index (χ2v) is 13.0. The summed E-state index contributed by atoms with van der Waals surface area (Å²) in [6, 6.07) is 18.9. The van der Waals surface area contributed by atoms with Crippen LogP contribution in [-0.4, -0.2) is 67.4 Å². The van der Waals surface area contributed by atoms with Crippen molar-refractivity contribution in [3.05, 3.63) is 126 Å². The number of benzene rings is 2. The van der Waals surface area contributed by atoms with Gasteiger partial charge in [-0.2, -0.15) is 0 Å². The number of ketones is 1. The first-order chi connectivity index (χ1) is 24.9. The van der Waals surface area contributed by atoms with Crippen LogP contribution in [0.1, 0.15) is 65.0 Å². The maximum Gasteiger partial charge on any atom is 0.289 e. The molecule has 1 fully saturated rings. The molecule has 4 amide bonds. The van der Waals surface area contributed by atoms with E-state index < -0.39 is 41.6 Å². The number of hydrogen-bond donors (Lipinski definition) is 3. The normalized spacial score (nSPS) is 16.9. The summed E-state index contributed by atoms with van der Waals surface area (Å²) in [5.41, 5.74) is 3.21. The van der Waals surface area contributed by atoms with E-state index in [1.54, 1.807) is 24.4 Å². The number of fused-ring (bicyclic) bond motifs is 1. The Hall–Kier alpha value is -5.78. The summed E-state index contributed by atoms with van der Waals surface area (Å²) in [7, 11) is 0. The van der Waals surface area contributed by atoms with Gasteiger partial charge in [-0.3, -0.25) is 33.9 Å². The lowest BCUT2D eigenvalue weighted by Gasteiger charge is -2.40. The van der Waals surface area contributed by atoms with Gasteiger partial charge < -0.3 is 20.9 Å². The molecule has 3 N–H and O–H groups in total. The molecule has 2 aliphatic rings. The number of carbonyl (C=O) groups excluding carboxylic acids is 5. The lowest BCUT2D eigenvalue weighted by atomic mass is 9.82. The van der Waals surface area contributed by atoms with E-state index in [0.29, 0.717) is 5.69 Å². The van der Waals surface area contributed by atoms with Crippen LogP contribution in [0.5, 0.6) is 0 Å². The minimum Gasteiger partial charge on any atom is -0.344 e. The van der Waals surface area contributed by atoms with E-state index in [9.17, 15) is 24.0 Å². The first kappa shape index (κ1) is 35.1. The Kier molecular flexibility index (Phi) is 11.5. The summed E-state index contributed by atoms with van der Waals surface area (Å²) in [6.45, 7) is 0.182. The number of amides is 4. The van der Waals surface area contributed by atoms with Crippen molar-refractivity contribution in [2.24, 2.45) is 5.92 Å². The van der Waals surface area contributed by atoms with Crippen LogP contribution >= 0.6 is 0 Å². The molecule has 262 valence electrons. The Morgan fingerprint density at radius 1 is 0.784 bits per heavy atom. The molecule has 51 heavy (non-hydrogen) atoms. The molecule has 12 heteroatoms. The maximum atomic E-state index is 14.7. The van der Waals surface area contributed by atoms with E-state index in [0.717, 1.165) is 48.8 Å². The molecule has 0 radical (unpaired) electrons. The van der Waals surface area contributed by atoms with Gasteiger partial charge in [0, 0.05) is 38.0 Å². The van der Waals surface area contributed by atoms with Crippen molar-refractivity contribution in [2.45, 2.75) is 76.2 Å². The first-order valence-corrected chi connectivity index (χ1v) is 17.4. The van der Waals surface area contributed by atoms with Gasteiger partial charge in [-0.15, -0.1) is 0 Å². The fourth-order valence-corrected chi connectivity index (χ4v) is 6.89. The fourth-order valence-electron chi connectivity index (χ4n) is 6.89. The number of aromatic nitrogens is 3. The van der Waals surface area contributed by atoms with Crippen LogP contribution in [0.3, 0.4) is 0 Å². The van der Waals surface area contributed by atoms with Gasteiger partial charge in [0.15, 0.2) is 0 Å². The average molecular weight is 688 g/mol. The van der Waals surface area contributed by atoms with E-state index in [4.69, 9.17) is 0 Å². The first-order valence-electron chi connectivity index (χ1n) is 17.4. The van der Waals surface area contributed by atoms with Gasteiger partial charge in [-0.25, -0.2) is 4.98 Å². The molecule has 1 saturated carbocycles. The number of Topliss-reactive ketones (excluding diaryl/α,β-unsaturated/α-hetero) is 1. The van der Waals surface area contributed by atoms with Gasteiger partial charge >= 0.3 is 0 Å². The standard InChI is InChI=1S/C39H41N7O5/c47-35(38(50)43-23-30-17-9-10-18-41-30)31(21-26-11-3-1-4-12-26)44-37(49)33-22-28-15-7-8-16-29(28)25-46(33)39(51)34(27-13-5-2-6-14-27)45-36(48)32-24-40-19-20-42-32/h1,3-4,7-12,15-20,24,27,31,33-34H,2,5-6,13-14,21-23,25H2,(H,43,50)(H,44,49)(H,45,48)/t31-,33-,34+/m1/s1. The van der Waals surface area contributed by atoms with Crippen molar-refractivity contribution < 1.29 is 24.0 Å². The zero-order chi connectivity index (χ0) is 35.6. The molecule has 12 nitrogen and oxygen atoms in total. The molecule has 1 aliphatic heterocycles. The third-order valence-electron chi connectivity index (χ3n) is 9.60. The SMILES string of the molecule is O=C(NCc1ccccn1)C(=O)[C@@H](Cc1ccccc1)NC(=O)[C@H]1Cc2ccccc2CN1C(=O)[C@@H](NC(=O)c1cnccn1)C1CCCCC1. The molecule has 0 unspecified atom stereocenters. The zero-order valence-electron chi connectivity index (χ0n) is 28.2. The largest absolute Gasteiger partial charge is 0.344 e. The number of nitrogens with zero attached hydrogens (tertiary/aromatic N) is 4. The average Bonchev–Trinajstić information content (AvgIpc) is 3.19. The van der Waals surface area contributed by atoms with Gasteiger partial charge in [0.1, 0.15) is 23.8 Å². The van der Waals surface area contributed by atoms with E-state index >= 15 is 0 Å². The summed E-state index contributed by atoms with van der Waals surface area (Å²) in [5, 5.41) is 8.42. The quantitative estimate of drug-likeness (QED) is 0.191. The van der Waals surface area contributed by atoms with Crippen molar-refractivity contribution >= 4 is 29.4 Å². The van der Waals surface area contributed by atoms with Gasteiger partial charge in [-0.1, -0.05) is 79.9 Å². The lowest BCUT2D eigenvalue weighted by Crippen LogP contribution is -2.61. The Labute approximate surface area is 296 Å². The molecule has 2 aromatic carbocycles. The van der Waals surface area contributed by atoms with E-state index in [-0.39, 0.29) is 43.5 Å². The monoisotopic (exact) mass is 687 g/mol. The second kappa shape index (κ2) is 16.8. The fraction of sp³-hybridized carbons (Fsp3) is 0.333. The van der Waals surface area contributed by atoms with E-state index in [2.05, 4.69) is 30.9 Å². The topological polar surface area (TPSA) is 163 Å². The smallest absolute Gasteiger partial charge is 0.289 e. The van der Waals surface area contributed by atoms with Gasteiger partial charge in [0.25, 0.3) is 11.8 Å². The molecule has 1 aliphatic carbocycles. The Morgan fingerprint density at radius 2 is 1.53 bits per heavy atom. The van der Waals surface area contributed by atoms with Crippen LogP contribution in [0.15, 0.2) is 97.6 Å². The van der Waals surface area contributed by atoms with Crippen LogP contribution in [0.2, 0.25) is 0 Å². The summed E-state index contributed by atoms with van der Waals surface area (Å²) in [4.78, 5) is 83.1. The molecule has 3 heterocycles. The summed E-state index contributed by atoms with van der Waals surface area (Å²) in [5.74, 6) is -3.26. The molecule has 0 bridgehead atoms. The predicted octanol–water partition coefficient (Wildman–Crippen LogP) is 3.12. The van der Waals surface area contributed by atoms with Crippen molar-refractivity contribution in [1.29, 1.82) is 0 Å². The van der Waals surface area contributed by atoms with Crippen LogP contribution in [0, 0.1) is 5.92 Å². The Bertz CT molecular complexity index is 1830.